The van der Waals surface area contributed by atoms with Gasteiger partial charge in [0.1, 0.15) is 10.4 Å². The van der Waals surface area contributed by atoms with Crippen molar-refractivity contribution >= 4 is 38.9 Å². The Morgan fingerprint density at radius 1 is 1.30 bits per heavy atom. The molecule has 3 rings (SSSR count). The van der Waals surface area contributed by atoms with E-state index in [2.05, 4.69) is 31.2 Å². The summed E-state index contributed by atoms with van der Waals surface area (Å²) in [7, 11) is 0. The lowest BCUT2D eigenvalue weighted by molar-refractivity contribution is 0.628. The lowest BCUT2D eigenvalue weighted by atomic mass is 10.3. The first-order valence-electron chi connectivity index (χ1n) is 5.80. The molecule has 0 atom stereocenters. The van der Waals surface area contributed by atoms with Crippen LogP contribution in [0, 0.1) is 5.82 Å². The molecule has 1 N–H and O–H groups in total. The Balaban J connectivity index is 1.83. The van der Waals surface area contributed by atoms with E-state index in [0.29, 0.717) is 6.54 Å². The fraction of sp³-hybridized carbons (Fsp3) is 0.0769. The number of hydrogen-bond acceptors (Lipinski definition) is 3. The molecule has 0 fully saturated rings. The number of rotatable bonds is 3. The maximum Gasteiger partial charge on any atom is 0.155 e. The summed E-state index contributed by atoms with van der Waals surface area (Å²) in [6, 6.07) is 4.53. The Bertz CT molecular complexity index is 774. The number of nitrogens with zero attached hydrogens (tertiary/aromatic N) is 3. The molecule has 0 unspecified atom stereocenters. The van der Waals surface area contributed by atoms with Gasteiger partial charge in [-0.15, -0.1) is 0 Å². The fourth-order valence-corrected chi connectivity index (χ4v) is 2.33. The van der Waals surface area contributed by atoms with Crippen molar-refractivity contribution in [1.29, 1.82) is 0 Å². The summed E-state index contributed by atoms with van der Waals surface area (Å²) in [5.41, 5.74) is 2.48. The third-order valence-corrected chi connectivity index (χ3v) is 3.53. The van der Waals surface area contributed by atoms with E-state index in [0.717, 1.165) is 21.6 Å². The van der Waals surface area contributed by atoms with Gasteiger partial charge in [-0.1, -0.05) is 11.6 Å². The minimum atomic E-state index is -0.429. The van der Waals surface area contributed by atoms with Crippen LogP contribution in [0.4, 0.5) is 10.1 Å². The van der Waals surface area contributed by atoms with E-state index in [4.69, 9.17) is 11.6 Å². The minimum absolute atomic E-state index is 0.0973. The van der Waals surface area contributed by atoms with Gasteiger partial charge in [0.15, 0.2) is 5.65 Å². The van der Waals surface area contributed by atoms with E-state index >= 15 is 0 Å². The Kier molecular flexibility index (Phi) is 3.58. The van der Waals surface area contributed by atoms with Crippen molar-refractivity contribution < 1.29 is 4.39 Å². The van der Waals surface area contributed by atoms with Gasteiger partial charge in [-0.25, -0.2) is 14.4 Å². The summed E-state index contributed by atoms with van der Waals surface area (Å²) in [6.45, 7) is 0.541. The Morgan fingerprint density at radius 2 is 2.15 bits per heavy atom. The standard InChI is InChI=1S/C13H9BrClFN4/c14-12-7-20-9(5-19-13(20)6-18-12)4-17-8-1-2-11(16)10(15)3-8/h1-3,5-7,17H,4H2. The predicted octanol–water partition coefficient (Wildman–Crippen LogP) is 3.90. The zero-order valence-electron chi connectivity index (χ0n) is 10.1. The molecule has 3 aromatic rings. The zero-order valence-corrected chi connectivity index (χ0v) is 12.5. The molecule has 102 valence electrons. The summed E-state index contributed by atoms with van der Waals surface area (Å²) in [4.78, 5) is 8.37. The first-order chi connectivity index (χ1) is 9.63. The van der Waals surface area contributed by atoms with Crippen LogP contribution in [0.3, 0.4) is 0 Å². The highest BCUT2D eigenvalue weighted by Crippen LogP contribution is 2.20. The van der Waals surface area contributed by atoms with Crippen LogP contribution in [0.1, 0.15) is 5.69 Å². The quantitative estimate of drug-likeness (QED) is 0.775. The monoisotopic (exact) mass is 354 g/mol. The molecular formula is C13H9BrClFN4. The van der Waals surface area contributed by atoms with Gasteiger partial charge < -0.3 is 5.32 Å². The van der Waals surface area contributed by atoms with Crippen LogP contribution in [0.15, 0.2) is 41.4 Å². The maximum absolute atomic E-state index is 13.1. The average molecular weight is 356 g/mol. The predicted molar refractivity (Wildman–Crippen MR) is 79.4 cm³/mol. The number of nitrogens with one attached hydrogen (secondary N) is 1. The van der Waals surface area contributed by atoms with Gasteiger partial charge in [0, 0.05) is 11.9 Å². The number of fused-ring (bicyclic) bond motifs is 1. The smallest absolute Gasteiger partial charge is 0.155 e. The maximum atomic E-state index is 13.1. The third kappa shape index (κ3) is 2.62. The topological polar surface area (TPSA) is 42.2 Å². The molecule has 0 saturated heterocycles. The fourth-order valence-electron chi connectivity index (χ4n) is 1.85. The SMILES string of the molecule is Fc1ccc(NCc2cnc3cnc(Br)cn23)cc1Cl. The van der Waals surface area contributed by atoms with Crippen LogP contribution >= 0.6 is 27.5 Å². The van der Waals surface area contributed by atoms with E-state index in [1.807, 2.05) is 10.6 Å². The highest BCUT2D eigenvalue weighted by atomic mass is 79.9. The molecule has 0 aliphatic heterocycles. The summed E-state index contributed by atoms with van der Waals surface area (Å²) in [5.74, 6) is -0.429. The molecule has 1 aromatic carbocycles. The molecule has 0 saturated carbocycles. The number of hydrogen-bond donors (Lipinski definition) is 1. The molecule has 2 aromatic heterocycles. The molecule has 0 bridgehead atoms. The molecule has 20 heavy (non-hydrogen) atoms. The van der Waals surface area contributed by atoms with Crippen molar-refractivity contribution in [3.05, 3.63) is 57.9 Å². The minimum Gasteiger partial charge on any atom is -0.379 e. The Morgan fingerprint density at radius 3 is 2.95 bits per heavy atom. The van der Waals surface area contributed by atoms with Crippen LogP contribution in [-0.4, -0.2) is 14.4 Å². The van der Waals surface area contributed by atoms with Gasteiger partial charge in [0.2, 0.25) is 0 Å². The van der Waals surface area contributed by atoms with Gasteiger partial charge in [-0.2, -0.15) is 0 Å². The van der Waals surface area contributed by atoms with Crippen molar-refractivity contribution in [2.45, 2.75) is 6.54 Å². The number of imidazole rings is 1. The van der Waals surface area contributed by atoms with Gasteiger partial charge in [-0.3, -0.25) is 4.40 Å². The molecule has 0 aliphatic carbocycles. The van der Waals surface area contributed by atoms with Crippen LogP contribution in [0.2, 0.25) is 5.02 Å². The number of anilines is 1. The number of halogens is 3. The molecular weight excluding hydrogens is 347 g/mol. The molecule has 4 nitrogen and oxygen atoms in total. The first-order valence-corrected chi connectivity index (χ1v) is 6.97. The van der Waals surface area contributed by atoms with Crippen LogP contribution < -0.4 is 5.32 Å². The summed E-state index contributed by atoms with van der Waals surface area (Å²) in [5, 5.41) is 3.28. The van der Waals surface area contributed by atoms with E-state index in [9.17, 15) is 4.39 Å². The van der Waals surface area contributed by atoms with Gasteiger partial charge in [0.25, 0.3) is 0 Å². The summed E-state index contributed by atoms with van der Waals surface area (Å²) < 4.78 is 15.7. The van der Waals surface area contributed by atoms with Crippen LogP contribution in [-0.2, 0) is 6.54 Å². The Labute approximate surface area is 127 Å². The highest BCUT2D eigenvalue weighted by Gasteiger charge is 2.05. The Hall–Kier alpha value is -1.66. The van der Waals surface area contributed by atoms with Crippen molar-refractivity contribution in [1.82, 2.24) is 14.4 Å². The largest absolute Gasteiger partial charge is 0.379 e. The zero-order chi connectivity index (χ0) is 14.1. The lowest BCUT2D eigenvalue weighted by Crippen LogP contribution is -2.03. The summed E-state index contributed by atoms with van der Waals surface area (Å²) >= 11 is 9.07. The normalized spacial score (nSPS) is 10.9. The molecule has 0 spiro atoms. The summed E-state index contributed by atoms with van der Waals surface area (Å²) in [6.07, 6.45) is 5.29. The number of benzene rings is 1. The molecule has 2 heterocycles. The van der Waals surface area contributed by atoms with Crippen molar-refractivity contribution in [3.63, 3.8) is 0 Å². The highest BCUT2D eigenvalue weighted by molar-refractivity contribution is 9.10. The molecule has 0 aliphatic rings. The van der Waals surface area contributed by atoms with Crippen molar-refractivity contribution in [2.24, 2.45) is 0 Å². The average Bonchev–Trinajstić information content (AvgIpc) is 2.82. The van der Waals surface area contributed by atoms with Crippen molar-refractivity contribution in [2.75, 3.05) is 5.32 Å². The lowest BCUT2D eigenvalue weighted by Gasteiger charge is -2.07. The van der Waals surface area contributed by atoms with Crippen molar-refractivity contribution in [3.8, 4) is 0 Å². The van der Waals surface area contributed by atoms with E-state index in [1.54, 1.807) is 24.5 Å². The van der Waals surface area contributed by atoms with E-state index < -0.39 is 5.82 Å². The molecule has 0 amide bonds. The van der Waals surface area contributed by atoms with Gasteiger partial charge in [0.05, 0.1) is 29.7 Å². The first kappa shape index (κ1) is 13.3. The molecule has 0 radical (unpaired) electrons. The third-order valence-electron chi connectivity index (χ3n) is 2.83. The molecule has 7 heteroatoms. The second kappa shape index (κ2) is 5.38. The second-order valence-corrected chi connectivity index (χ2v) is 5.39. The van der Waals surface area contributed by atoms with Crippen LogP contribution in [0.25, 0.3) is 5.65 Å². The van der Waals surface area contributed by atoms with Gasteiger partial charge in [-0.05, 0) is 34.1 Å². The number of aromatic nitrogens is 3. The van der Waals surface area contributed by atoms with E-state index in [1.165, 1.54) is 6.07 Å². The van der Waals surface area contributed by atoms with Gasteiger partial charge >= 0.3 is 0 Å². The van der Waals surface area contributed by atoms with Crippen LogP contribution in [0.5, 0.6) is 0 Å². The second-order valence-electron chi connectivity index (χ2n) is 4.17. The van der Waals surface area contributed by atoms with E-state index in [-0.39, 0.29) is 5.02 Å².